The van der Waals surface area contributed by atoms with Gasteiger partial charge in [-0.15, -0.1) is 24.0 Å². The van der Waals surface area contributed by atoms with Crippen LogP contribution >= 0.6 is 24.0 Å². The molecule has 0 spiro atoms. The molecule has 0 aliphatic carbocycles. The molecule has 32 heavy (non-hydrogen) atoms. The van der Waals surface area contributed by atoms with Crippen LogP contribution in [0.15, 0.2) is 53.5 Å². The SMILES string of the molecule is CN=C(NCCc1ccccc1F)NCc1cccc(CN2CCCC(C(N)=O)C2)c1.I. The predicted octanol–water partition coefficient (Wildman–Crippen LogP) is 3.05. The number of rotatable bonds is 8. The Morgan fingerprint density at radius 3 is 2.72 bits per heavy atom. The fourth-order valence-corrected chi connectivity index (χ4v) is 3.95. The first-order valence-corrected chi connectivity index (χ1v) is 10.8. The van der Waals surface area contributed by atoms with E-state index in [9.17, 15) is 9.18 Å². The third kappa shape index (κ3) is 8.05. The van der Waals surface area contributed by atoms with Crippen LogP contribution in [0.1, 0.15) is 29.5 Å². The van der Waals surface area contributed by atoms with E-state index in [-0.39, 0.29) is 41.6 Å². The zero-order chi connectivity index (χ0) is 22.1. The standard InChI is InChI=1S/C24H32FN5O.HI/c1-27-24(28-12-11-20-8-2-3-10-22(20)25)29-15-18-6-4-7-19(14-18)16-30-13-5-9-21(17-30)23(26)31;/h2-4,6-8,10,14,21H,5,9,11-13,15-17H2,1H3,(H2,26,31)(H2,27,28,29);1H. The van der Waals surface area contributed by atoms with Gasteiger partial charge in [0.25, 0.3) is 0 Å². The van der Waals surface area contributed by atoms with Gasteiger partial charge in [-0.1, -0.05) is 42.5 Å². The number of hydrogen-bond acceptors (Lipinski definition) is 3. The number of guanidine groups is 1. The van der Waals surface area contributed by atoms with Gasteiger partial charge in [-0.3, -0.25) is 14.7 Å². The number of nitrogens with one attached hydrogen (secondary N) is 2. The zero-order valence-corrected chi connectivity index (χ0v) is 20.8. The Bertz CT molecular complexity index is 907. The Kier molecular flexibility index (Phi) is 10.9. The van der Waals surface area contributed by atoms with Gasteiger partial charge in [0, 0.05) is 33.2 Å². The third-order valence-electron chi connectivity index (χ3n) is 5.63. The summed E-state index contributed by atoms with van der Waals surface area (Å²) in [6.45, 7) is 3.77. The Morgan fingerprint density at radius 2 is 1.97 bits per heavy atom. The summed E-state index contributed by atoms with van der Waals surface area (Å²) in [4.78, 5) is 18.1. The maximum absolute atomic E-state index is 13.7. The van der Waals surface area contributed by atoms with Crippen LogP contribution in [0.5, 0.6) is 0 Å². The second-order valence-corrected chi connectivity index (χ2v) is 7.99. The molecule has 1 heterocycles. The van der Waals surface area contributed by atoms with Gasteiger partial charge in [0.15, 0.2) is 5.96 Å². The molecule has 3 rings (SSSR count). The highest BCUT2D eigenvalue weighted by atomic mass is 127. The normalized spacial score (nSPS) is 16.8. The number of halogens is 2. The van der Waals surface area contributed by atoms with Crippen molar-refractivity contribution >= 4 is 35.8 Å². The molecule has 8 heteroatoms. The maximum atomic E-state index is 13.7. The first-order chi connectivity index (χ1) is 15.0. The topological polar surface area (TPSA) is 82.8 Å². The molecular weight excluding hydrogens is 520 g/mol. The summed E-state index contributed by atoms with van der Waals surface area (Å²) in [7, 11) is 1.72. The Balaban J connectivity index is 0.00000363. The van der Waals surface area contributed by atoms with E-state index in [1.165, 1.54) is 11.6 Å². The van der Waals surface area contributed by atoms with Gasteiger partial charge in [0.2, 0.25) is 5.91 Å². The van der Waals surface area contributed by atoms with Crippen LogP contribution in [0, 0.1) is 11.7 Å². The van der Waals surface area contributed by atoms with Crippen LogP contribution in [-0.4, -0.2) is 43.4 Å². The van der Waals surface area contributed by atoms with Gasteiger partial charge in [-0.2, -0.15) is 0 Å². The Morgan fingerprint density at radius 1 is 1.19 bits per heavy atom. The van der Waals surface area contributed by atoms with Crippen molar-refractivity contribution in [3.05, 3.63) is 71.0 Å². The van der Waals surface area contributed by atoms with Gasteiger partial charge < -0.3 is 16.4 Å². The number of nitrogens with two attached hydrogens (primary N) is 1. The van der Waals surface area contributed by atoms with E-state index in [4.69, 9.17) is 5.73 Å². The Hall–Kier alpha value is -2.20. The van der Waals surface area contributed by atoms with Crippen LogP contribution in [0.4, 0.5) is 4.39 Å². The molecule has 0 saturated carbocycles. The van der Waals surface area contributed by atoms with Crippen molar-refractivity contribution in [2.45, 2.75) is 32.4 Å². The number of piperidine rings is 1. The number of aliphatic imine (C=N–C) groups is 1. The quantitative estimate of drug-likeness (QED) is 0.267. The van der Waals surface area contributed by atoms with Crippen LogP contribution in [0.2, 0.25) is 0 Å². The summed E-state index contributed by atoms with van der Waals surface area (Å²) in [6.07, 6.45) is 2.48. The molecule has 174 valence electrons. The number of nitrogens with zero attached hydrogens (tertiary/aromatic N) is 2. The molecule has 1 amide bonds. The van der Waals surface area contributed by atoms with Crippen molar-refractivity contribution in [3.8, 4) is 0 Å². The molecule has 1 atom stereocenters. The summed E-state index contributed by atoms with van der Waals surface area (Å²) in [5.74, 6) is 0.260. The molecular formula is C24H33FIN5O. The van der Waals surface area contributed by atoms with E-state index in [0.29, 0.717) is 31.0 Å². The highest BCUT2D eigenvalue weighted by molar-refractivity contribution is 14.0. The number of carbonyl (C=O) groups is 1. The second kappa shape index (κ2) is 13.4. The zero-order valence-electron chi connectivity index (χ0n) is 18.5. The van der Waals surface area contributed by atoms with Gasteiger partial charge in [0.1, 0.15) is 5.82 Å². The molecule has 1 aliphatic rings. The first-order valence-electron chi connectivity index (χ1n) is 10.8. The van der Waals surface area contributed by atoms with Crippen molar-refractivity contribution < 1.29 is 9.18 Å². The summed E-state index contributed by atoms with van der Waals surface area (Å²) in [5, 5.41) is 6.54. The summed E-state index contributed by atoms with van der Waals surface area (Å²) < 4.78 is 13.7. The number of carbonyl (C=O) groups excluding carboxylic acids is 1. The average molecular weight is 553 g/mol. The highest BCUT2D eigenvalue weighted by Gasteiger charge is 2.23. The lowest BCUT2D eigenvalue weighted by Crippen LogP contribution is -2.40. The molecule has 6 nitrogen and oxygen atoms in total. The van der Waals surface area contributed by atoms with Crippen molar-refractivity contribution in [1.29, 1.82) is 0 Å². The second-order valence-electron chi connectivity index (χ2n) is 7.99. The number of benzene rings is 2. The molecule has 0 aromatic heterocycles. The summed E-state index contributed by atoms with van der Waals surface area (Å²) >= 11 is 0. The Labute approximate surface area is 206 Å². The van der Waals surface area contributed by atoms with E-state index in [1.54, 1.807) is 19.2 Å². The fourth-order valence-electron chi connectivity index (χ4n) is 3.95. The number of likely N-dealkylation sites (tertiary alicyclic amines) is 1. The van der Waals surface area contributed by atoms with Gasteiger partial charge in [-0.05, 0) is 48.6 Å². The monoisotopic (exact) mass is 553 g/mol. The lowest BCUT2D eigenvalue weighted by molar-refractivity contribution is -0.123. The molecule has 4 N–H and O–H groups in total. The molecule has 0 radical (unpaired) electrons. The van der Waals surface area contributed by atoms with Crippen molar-refractivity contribution in [3.63, 3.8) is 0 Å². The fraction of sp³-hybridized carbons (Fsp3) is 0.417. The maximum Gasteiger partial charge on any atom is 0.221 e. The predicted molar refractivity (Wildman–Crippen MR) is 137 cm³/mol. The van der Waals surface area contributed by atoms with E-state index < -0.39 is 0 Å². The first kappa shape index (κ1) is 26.1. The molecule has 0 bridgehead atoms. The van der Waals surface area contributed by atoms with Crippen LogP contribution in [0.25, 0.3) is 0 Å². The minimum absolute atomic E-state index is 0. The molecule has 1 fully saturated rings. The summed E-state index contributed by atoms with van der Waals surface area (Å²) in [6, 6.07) is 15.2. The highest BCUT2D eigenvalue weighted by Crippen LogP contribution is 2.18. The van der Waals surface area contributed by atoms with E-state index in [0.717, 1.165) is 38.0 Å². The number of hydrogen-bond donors (Lipinski definition) is 3. The molecule has 2 aromatic rings. The largest absolute Gasteiger partial charge is 0.369 e. The third-order valence-corrected chi connectivity index (χ3v) is 5.63. The van der Waals surface area contributed by atoms with E-state index in [1.807, 2.05) is 6.07 Å². The molecule has 1 aliphatic heterocycles. The minimum atomic E-state index is -0.198. The lowest BCUT2D eigenvalue weighted by atomic mass is 9.97. The smallest absolute Gasteiger partial charge is 0.221 e. The molecule has 1 unspecified atom stereocenters. The van der Waals surface area contributed by atoms with Gasteiger partial charge in [-0.25, -0.2) is 4.39 Å². The average Bonchev–Trinajstić information content (AvgIpc) is 2.77. The van der Waals surface area contributed by atoms with Gasteiger partial charge in [0.05, 0.1) is 5.92 Å². The van der Waals surface area contributed by atoms with Crippen LogP contribution in [0.3, 0.4) is 0 Å². The van der Waals surface area contributed by atoms with Crippen LogP contribution < -0.4 is 16.4 Å². The summed E-state index contributed by atoms with van der Waals surface area (Å²) in [5.41, 5.74) is 8.55. The van der Waals surface area contributed by atoms with Crippen molar-refractivity contribution in [2.24, 2.45) is 16.6 Å². The van der Waals surface area contributed by atoms with E-state index >= 15 is 0 Å². The van der Waals surface area contributed by atoms with Crippen molar-refractivity contribution in [2.75, 3.05) is 26.7 Å². The van der Waals surface area contributed by atoms with E-state index in [2.05, 4.69) is 44.8 Å². The number of primary amides is 1. The lowest BCUT2D eigenvalue weighted by Gasteiger charge is -2.31. The minimum Gasteiger partial charge on any atom is -0.369 e. The molecule has 2 aromatic carbocycles. The van der Waals surface area contributed by atoms with Gasteiger partial charge >= 0.3 is 0 Å². The van der Waals surface area contributed by atoms with Crippen molar-refractivity contribution in [1.82, 2.24) is 15.5 Å². The molecule has 1 saturated heterocycles. The van der Waals surface area contributed by atoms with Crippen LogP contribution in [-0.2, 0) is 24.3 Å². The number of amides is 1.